The number of carbonyl (C=O) groups is 1. The first kappa shape index (κ1) is 24.1. The molecule has 170 valence electrons. The van der Waals surface area contributed by atoms with Gasteiger partial charge in [0.2, 0.25) is 0 Å². The number of rotatable bonds is 7. The van der Waals surface area contributed by atoms with Crippen molar-refractivity contribution in [2.45, 2.75) is 44.8 Å². The number of benzene rings is 2. The van der Waals surface area contributed by atoms with E-state index in [0.29, 0.717) is 5.56 Å². The summed E-state index contributed by atoms with van der Waals surface area (Å²) in [5, 5.41) is 27.7. The summed E-state index contributed by atoms with van der Waals surface area (Å²) in [6, 6.07) is 17.9. The number of aliphatic hydroxyl groups is 2. The van der Waals surface area contributed by atoms with Crippen LogP contribution in [-0.2, 0) is 4.79 Å². The Morgan fingerprint density at radius 2 is 1.73 bits per heavy atom. The lowest BCUT2D eigenvalue weighted by Gasteiger charge is -2.16. The van der Waals surface area contributed by atoms with Crippen molar-refractivity contribution in [2.24, 2.45) is 0 Å². The van der Waals surface area contributed by atoms with Crippen LogP contribution >= 0.6 is 0 Å². The molecule has 1 aromatic heterocycles. The lowest BCUT2D eigenvalue weighted by Crippen LogP contribution is -2.37. The molecule has 0 fully saturated rings. The summed E-state index contributed by atoms with van der Waals surface area (Å²) < 4.78 is 13.6. The quantitative estimate of drug-likeness (QED) is 0.270. The molecule has 33 heavy (non-hydrogen) atoms. The van der Waals surface area contributed by atoms with Gasteiger partial charge in [0.05, 0.1) is 17.0 Å². The predicted octanol–water partition coefficient (Wildman–Crippen LogP) is 4.97. The van der Waals surface area contributed by atoms with E-state index in [-0.39, 0.29) is 31.0 Å². The first-order valence-electron chi connectivity index (χ1n) is 10.7. The molecular weight excluding hydrogens is 421 g/mol. The number of aromatic nitrogens is 1. The minimum absolute atomic E-state index is 0.0618. The van der Waals surface area contributed by atoms with Gasteiger partial charge in [-0.1, -0.05) is 68.2 Å². The number of pyridine rings is 1. The molecule has 0 radical (unpaired) electrons. The summed E-state index contributed by atoms with van der Waals surface area (Å²) in [5.41, 5.74) is 4.89. The van der Waals surface area contributed by atoms with Crippen LogP contribution in [0.2, 0.25) is 0 Å². The second kappa shape index (κ2) is 10.4. The minimum Gasteiger partial charge on any atom is -0.477 e. The molecule has 0 saturated carbocycles. The molecule has 0 amide bonds. The predicted molar refractivity (Wildman–Crippen MR) is 125 cm³/mol. The number of hydrogen-bond donors (Lipinski definition) is 3. The largest absolute Gasteiger partial charge is 0.477 e. The molecule has 0 unspecified atom stereocenters. The summed E-state index contributed by atoms with van der Waals surface area (Å²) in [5.74, 6) is 1.45. The van der Waals surface area contributed by atoms with Crippen LogP contribution in [0.3, 0.4) is 0 Å². The minimum atomic E-state index is -2.76. The first-order valence-corrected chi connectivity index (χ1v) is 10.7. The zero-order valence-electron chi connectivity index (χ0n) is 18.5. The van der Waals surface area contributed by atoms with E-state index in [1.165, 1.54) is 12.1 Å². The van der Waals surface area contributed by atoms with E-state index in [1.54, 1.807) is 12.1 Å². The van der Waals surface area contributed by atoms with Crippen LogP contribution in [0.1, 0.15) is 50.3 Å². The number of hydrogen-bond acceptors (Lipinski definition) is 4. The fraction of sp³-hybridized carbons (Fsp3) is 0.259. The molecule has 0 atom stereocenters. The van der Waals surface area contributed by atoms with Gasteiger partial charge in [-0.05, 0) is 36.1 Å². The highest BCUT2D eigenvalue weighted by molar-refractivity contribution is 5.77. The Balaban J connectivity index is 2.04. The van der Waals surface area contributed by atoms with Crippen molar-refractivity contribution in [3.63, 3.8) is 0 Å². The van der Waals surface area contributed by atoms with E-state index >= 15 is 0 Å². The summed E-state index contributed by atoms with van der Waals surface area (Å²) in [6.45, 7) is 4.05. The van der Waals surface area contributed by atoms with E-state index in [4.69, 9.17) is 10.1 Å². The number of halogens is 1. The molecule has 1 heterocycles. The number of nitrogens with zero attached hydrogens (tertiary/aromatic N) is 1. The van der Waals surface area contributed by atoms with E-state index in [2.05, 4.69) is 11.8 Å². The van der Waals surface area contributed by atoms with Gasteiger partial charge >= 0.3 is 5.97 Å². The fourth-order valence-corrected chi connectivity index (χ4v) is 3.41. The van der Waals surface area contributed by atoms with Crippen LogP contribution in [0.4, 0.5) is 4.39 Å². The van der Waals surface area contributed by atoms with Crippen molar-refractivity contribution in [3.8, 4) is 34.2 Å². The van der Waals surface area contributed by atoms with Crippen LogP contribution in [0.5, 0.6) is 0 Å². The maximum atomic E-state index is 13.6. The van der Waals surface area contributed by atoms with Crippen molar-refractivity contribution in [2.75, 3.05) is 0 Å². The molecular formula is C27H26FNO4. The Morgan fingerprint density at radius 3 is 2.33 bits per heavy atom. The van der Waals surface area contributed by atoms with Gasteiger partial charge in [-0.15, -0.1) is 0 Å². The standard InChI is InChI=1S/C27H26FNO4/c1-18(2)25-22(11-7-4-8-16-27(32,33)26(30)31)23(19-12-14-21(28)15-13-19)17-24(29-25)20-9-5-3-6-10-20/h3,5-6,9-10,12-15,17-18,32-33H,4,8,16H2,1-2H3,(H,30,31). The molecule has 0 spiro atoms. The van der Waals surface area contributed by atoms with E-state index in [1.807, 2.05) is 50.2 Å². The van der Waals surface area contributed by atoms with Gasteiger partial charge in [-0.3, -0.25) is 4.98 Å². The van der Waals surface area contributed by atoms with Crippen LogP contribution in [-0.4, -0.2) is 32.1 Å². The van der Waals surface area contributed by atoms with Crippen LogP contribution in [0.15, 0.2) is 60.7 Å². The summed E-state index contributed by atoms with van der Waals surface area (Å²) in [4.78, 5) is 15.7. The monoisotopic (exact) mass is 447 g/mol. The molecule has 0 aliphatic rings. The highest BCUT2D eigenvalue weighted by Gasteiger charge is 2.31. The molecule has 3 rings (SSSR count). The molecule has 5 nitrogen and oxygen atoms in total. The molecule has 6 heteroatoms. The molecule has 3 aromatic rings. The van der Waals surface area contributed by atoms with Gasteiger partial charge in [0.1, 0.15) is 5.82 Å². The SMILES string of the molecule is CC(C)c1nc(-c2ccccc2)cc(-c2ccc(F)cc2)c1C#CCCCC(O)(O)C(=O)O. The molecule has 0 bridgehead atoms. The Kier molecular flexibility index (Phi) is 7.59. The Bertz CT molecular complexity index is 1180. The van der Waals surface area contributed by atoms with Gasteiger partial charge in [0.25, 0.3) is 5.79 Å². The van der Waals surface area contributed by atoms with Crippen molar-refractivity contribution in [1.29, 1.82) is 0 Å². The Labute approximate surface area is 192 Å². The highest BCUT2D eigenvalue weighted by atomic mass is 19.1. The van der Waals surface area contributed by atoms with Crippen molar-refractivity contribution < 1.29 is 24.5 Å². The first-order chi connectivity index (χ1) is 15.7. The lowest BCUT2D eigenvalue weighted by molar-refractivity contribution is -0.205. The number of unbranched alkanes of at least 4 members (excludes halogenated alkanes) is 1. The lowest BCUT2D eigenvalue weighted by atomic mass is 9.92. The zero-order chi connectivity index (χ0) is 24.0. The average Bonchev–Trinajstić information content (AvgIpc) is 2.79. The summed E-state index contributed by atoms with van der Waals surface area (Å²) in [7, 11) is 0. The third kappa shape index (κ3) is 6.04. The Hall–Kier alpha value is -3.53. The molecule has 0 aliphatic carbocycles. The topological polar surface area (TPSA) is 90.7 Å². The molecule has 0 aliphatic heterocycles. The Morgan fingerprint density at radius 1 is 1.06 bits per heavy atom. The maximum Gasteiger partial charge on any atom is 0.364 e. The van der Waals surface area contributed by atoms with Gasteiger partial charge in [-0.2, -0.15) is 0 Å². The third-order valence-electron chi connectivity index (χ3n) is 5.20. The molecule has 0 saturated heterocycles. The molecule has 2 aromatic carbocycles. The van der Waals surface area contributed by atoms with Crippen molar-refractivity contribution in [1.82, 2.24) is 4.98 Å². The number of carboxylic acids is 1. The van der Waals surface area contributed by atoms with Crippen LogP contribution in [0, 0.1) is 17.7 Å². The van der Waals surface area contributed by atoms with Gasteiger partial charge < -0.3 is 15.3 Å². The normalized spacial score (nSPS) is 11.2. The van der Waals surface area contributed by atoms with Crippen molar-refractivity contribution >= 4 is 5.97 Å². The van der Waals surface area contributed by atoms with Crippen LogP contribution < -0.4 is 0 Å². The number of aliphatic carboxylic acids is 1. The van der Waals surface area contributed by atoms with Gasteiger partial charge in [0, 0.05) is 24.0 Å². The van der Waals surface area contributed by atoms with Gasteiger partial charge in [0.15, 0.2) is 0 Å². The summed E-state index contributed by atoms with van der Waals surface area (Å²) >= 11 is 0. The average molecular weight is 448 g/mol. The second-order valence-electron chi connectivity index (χ2n) is 8.12. The third-order valence-corrected chi connectivity index (χ3v) is 5.20. The second-order valence-corrected chi connectivity index (χ2v) is 8.12. The smallest absolute Gasteiger partial charge is 0.364 e. The summed E-state index contributed by atoms with van der Waals surface area (Å²) in [6.07, 6.45) is 0.145. The maximum absolute atomic E-state index is 13.6. The van der Waals surface area contributed by atoms with E-state index in [9.17, 15) is 19.4 Å². The van der Waals surface area contributed by atoms with Crippen LogP contribution in [0.25, 0.3) is 22.4 Å². The van der Waals surface area contributed by atoms with Gasteiger partial charge in [-0.25, -0.2) is 9.18 Å². The highest BCUT2D eigenvalue weighted by Crippen LogP contribution is 2.33. The van der Waals surface area contributed by atoms with Crippen molar-refractivity contribution in [3.05, 3.63) is 77.7 Å². The fourth-order valence-electron chi connectivity index (χ4n) is 3.41. The number of carboxylic acid groups (broad SMARTS) is 1. The zero-order valence-corrected chi connectivity index (χ0v) is 18.5. The van der Waals surface area contributed by atoms with E-state index in [0.717, 1.165) is 28.1 Å². The molecule has 3 N–H and O–H groups in total. The van der Waals surface area contributed by atoms with E-state index < -0.39 is 11.8 Å².